The smallest absolute Gasteiger partial charge is 0.263 e. The molecule has 5 heteroatoms. The zero-order chi connectivity index (χ0) is 18.2. The van der Waals surface area contributed by atoms with Crippen LogP contribution in [0.2, 0.25) is 0 Å². The van der Waals surface area contributed by atoms with Gasteiger partial charge in [0.05, 0.1) is 0 Å². The fraction of sp³-hybridized carbons (Fsp3) is 0.350. The van der Waals surface area contributed by atoms with E-state index in [0.717, 1.165) is 16.6 Å². The number of carbonyl (C=O) groups excluding carboxylic acids is 1. The third kappa shape index (κ3) is 6.52. The minimum Gasteiger partial charge on any atom is -0.481 e. The van der Waals surface area contributed by atoms with Crippen LogP contribution in [-0.4, -0.2) is 49.0 Å². The maximum Gasteiger partial charge on any atom is 0.263 e. The van der Waals surface area contributed by atoms with Crippen LogP contribution in [0, 0.1) is 0 Å². The van der Waals surface area contributed by atoms with Gasteiger partial charge in [-0.2, -0.15) is 0 Å². The summed E-state index contributed by atoms with van der Waals surface area (Å²) in [7, 11) is 4.01. The Kier molecular flexibility index (Phi) is 7.47. The maximum absolute atomic E-state index is 12.9. The average molecular weight is 405 g/mol. The second-order valence-corrected chi connectivity index (χ2v) is 7.18. The van der Waals surface area contributed by atoms with Gasteiger partial charge in [0.25, 0.3) is 5.91 Å². The Morgan fingerprint density at radius 1 is 1.04 bits per heavy atom. The van der Waals surface area contributed by atoms with Crippen molar-refractivity contribution in [2.24, 2.45) is 0 Å². The van der Waals surface area contributed by atoms with E-state index in [-0.39, 0.29) is 5.91 Å². The average Bonchev–Trinajstić information content (AvgIpc) is 2.60. The molecule has 0 spiro atoms. The molecule has 2 aromatic carbocycles. The molecular formula is C20H25BrN2O2. The number of halogens is 1. The molecule has 0 aliphatic heterocycles. The molecule has 1 unspecified atom stereocenters. The van der Waals surface area contributed by atoms with E-state index in [1.165, 1.54) is 0 Å². The fourth-order valence-electron chi connectivity index (χ4n) is 2.42. The Hall–Kier alpha value is -1.85. The molecule has 0 aromatic heterocycles. The molecule has 2 rings (SSSR count). The lowest BCUT2D eigenvalue weighted by Gasteiger charge is -2.27. The van der Waals surface area contributed by atoms with Gasteiger partial charge in [-0.25, -0.2) is 0 Å². The van der Waals surface area contributed by atoms with E-state index >= 15 is 0 Å². The normalized spacial score (nSPS) is 12.0. The van der Waals surface area contributed by atoms with Crippen LogP contribution in [0.3, 0.4) is 0 Å². The number of amides is 1. The van der Waals surface area contributed by atoms with Gasteiger partial charge in [0.15, 0.2) is 6.10 Å². The van der Waals surface area contributed by atoms with Crippen molar-refractivity contribution >= 4 is 21.8 Å². The third-order valence-electron chi connectivity index (χ3n) is 3.82. The van der Waals surface area contributed by atoms with Gasteiger partial charge in [-0.05, 0) is 50.8 Å². The van der Waals surface area contributed by atoms with Crippen LogP contribution in [0.5, 0.6) is 5.75 Å². The summed E-state index contributed by atoms with van der Waals surface area (Å²) in [6.45, 7) is 3.86. The summed E-state index contributed by atoms with van der Waals surface area (Å²) in [6, 6.07) is 17.6. The van der Waals surface area contributed by atoms with Gasteiger partial charge >= 0.3 is 0 Å². The van der Waals surface area contributed by atoms with Crippen LogP contribution in [0.1, 0.15) is 12.5 Å². The highest BCUT2D eigenvalue weighted by Crippen LogP contribution is 2.18. The number of benzene rings is 2. The lowest BCUT2D eigenvalue weighted by Crippen LogP contribution is -2.43. The van der Waals surface area contributed by atoms with Crippen molar-refractivity contribution in [2.75, 3.05) is 27.2 Å². The van der Waals surface area contributed by atoms with Crippen molar-refractivity contribution < 1.29 is 9.53 Å². The minimum absolute atomic E-state index is 0.00591. The zero-order valence-corrected chi connectivity index (χ0v) is 16.6. The number of likely N-dealkylation sites (N-methyl/N-ethyl adjacent to an activating group) is 1. The molecule has 0 saturated carbocycles. The van der Waals surface area contributed by atoms with E-state index in [1.807, 2.05) is 73.6 Å². The van der Waals surface area contributed by atoms with Crippen molar-refractivity contribution in [3.05, 3.63) is 64.6 Å². The van der Waals surface area contributed by atoms with Gasteiger partial charge in [0, 0.05) is 24.1 Å². The largest absolute Gasteiger partial charge is 0.481 e. The van der Waals surface area contributed by atoms with Crippen LogP contribution in [0.4, 0.5) is 0 Å². The van der Waals surface area contributed by atoms with Gasteiger partial charge in [0.2, 0.25) is 0 Å². The highest BCUT2D eigenvalue weighted by atomic mass is 79.9. The molecule has 0 radical (unpaired) electrons. The second-order valence-electron chi connectivity index (χ2n) is 6.26. The number of carbonyl (C=O) groups is 1. The zero-order valence-electron chi connectivity index (χ0n) is 15.0. The van der Waals surface area contributed by atoms with Gasteiger partial charge in [0.1, 0.15) is 5.75 Å². The number of nitrogens with zero attached hydrogens (tertiary/aromatic N) is 2. The Morgan fingerprint density at radius 2 is 1.68 bits per heavy atom. The summed E-state index contributed by atoms with van der Waals surface area (Å²) in [5, 5.41) is 0. The van der Waals surface area contributed by atoms with Gasteiger partial charge < -0.3 is 14.5 Å². The molecule has 2 aromatic rings. The molecular weight excluding hydrogens is 380 g/mol. The van der Waals surface area contributed by atoms with Crippen molar-refractivity contribution in [1.29, 1.82) is 0 Å². The topological polar surface area (TPSA) is 32.8 Å². The van der Waals surface area contributed by atoms with E-state index in [9.17, 15) is 4.79 Å². The quantitative estimate of drug-likeness (QED) is 0.670. The Bertz CT molecular complexity index is 659. The lowest BCUT2D eigenvalue weighted by molar-refractivity contribution is -0.138. The molecule has 0 aliphatic rings. The van der Waals surface area contributed by atoms with Crippen LogP contribution in [0.15, 0.2) is 59.1 Å². The lowest BCUT2D eigenvalue weighted by atomic mass is 10.2. The van der Waals surface area contributed by atoms with Crippen molar-refractivity contribution in [3.63, 3.8) is 0 Å². The SMILES string of the molecule is CC(Oc1ccc(Br)cc1)C(=O)N(CCN(C)C)Cc1ccccc1. The van der Waals surface area contributed by atoms with Crippen LogP contribution < -0.4 is 4.74 Å². The molecule has 0 aliphatic carbocycles. The van der Waals surface area contributed by atoms with Crippen LogP contribution in [-0.2, 0) is 11.3 Å². The second kappa shape index (κ2) is 9.59. The Labute approximate surface area is 158 Å². The standard InChI is InChI=1S/C20H25BrN2O2/c1-16(25-19-11-9-18(21)10-12-19)20(24)23(14-13-22(2)3)15-17-7-5-4-6-8-17/h4-12,16H,13-15H2,1-3H3. The van der Waals surface area contributed by atoms with Crippen LogP contribution in [0.25, 0.3) is 0 Å². The van der Waals surface area contributed by atoms with E-state index in [1.54, 1.807) is 6.92 Å². The first-order valence-corrected chi connectivity index (χ1v) is 9.14. The van der Waals surface area contributed by atoms with E-state index in [4.69, 9.17) is 4.74 Å². The Morgan fingerprint density at radius 3 is 2.28 bits per heavy atom. The highest BCUT2D eigenvalue weighted by molar-refractivity contribution is 9.10. The predicted octanol–water partition coefficient (Wildman–Crippen LogP) is 3.81. The van der Waals surface area contributed by atoms with Crippen molar-refractivity contribution in [3.8, 4) is 5.75 Å². The first-order chi connectivity index (χ1) is 12.0. The van der Waals surface area contributed by atoms with E-state index < -0.39 is 6.10 Å². The summed E-state index contributed by atoms with van der Waals surface area (Å²) in [5.41, 5.74) is 1.12. The first-order valence-electron chi connectivity index (χ1n) is 8.35. The molecule has 0 heterocycles. The molecule has 1 amide bonds. The highest BCUT2D eigenvalue weighted by Gasteiger charge is 2.22. The molecule has 0 saturated heterocycles. The van der Waals surface area contributed by atoms with Gasteiger partial charge in [-0.1, -0.05) is 46.3 Å². The van der Waals surface area contributed by atoms with E-state index in [2.05, 4.69) is 20.8 Å². The van der Waals surface area contributed by atoms with E-state index in [0.29, 0.717) is 18.8 Å². The van der Waals surface area contributed by atoms with Crippen LogP contribution >= 0.6 is 15.9 Å². The molecule has 0 N–H and O–H groups in total. The molecule has 25 heavy (non-hydrogen) atoms. The summed E-state index contributed by atoms with van der Waals surface area (Å²) >= 11 is 3.40. The van der Waals surface area contributed by atoms with Crippen molar-refractivity contribution in [2.45, 2.75) is 19.6 Å². The summed E-state index contributed by atoms with van der Waals surface area (Å²) in [6.07, 6.45) is -0.535. The van der Waals surface area contributed by atoms with Crippen molar-refractivity contribution in [1.82, 2.24) is 9.80 Å². The summed E-state index contributed by atoms with van der Waals surface area (Å²) in [4.78, 5) is 16.8. The van der Waals surface area contributed by atoms with Gasteiger partial charge in [-0.15, -0.1) is 0 Å². The minimum atomic E-state index is -0.535. The number of hydrogen-bond donors (Lipinski definition) is 0. The maximum atomic E-state index is 12.9. The number of rotatable bonds is 8. The predicted molar refractivity (Wildman–Crippen MR) is 105 cm³/mol. The number of ether oxygens (including phenoxy) is 1. The monoisotopic (exact) mass is 404 g/mol. The first kappa shape index (κ1) is 19.5. The Balaban J connectivity index is 2.05. The molecule has 0 bridgehead atoms. The van der Waals surface area contributed by atoms with Gasteiger partial charge in [-0.3, -0.25) is 4.79 Å². The molecule has 134 valence electrons. The molecule has 4 nitrogen and oxygen atoms in total. The molecule has 1 atom stereocenters. The summed E-state index contributed by atoms with van der Waals surface area (Å²) < 4.78 is 6.81. The summed E-state index contributed by atoms with van der Waals surface area (Å²) in [5.74, 6) is 0.685. The fourth-order valence-corrected chi connectivity index (χ4v) is 2.68. The molecule has 0 fully saturated rings. The number of hydrogen-bond acceptors (Lipinski definition) is 3. The third-order valence-corrected chi connectivity index (χ3v) is 4.35.